The summed E-state index contributed by atoms with van der Waals surface area (Å²) >= 11 is 6.24. The van der Waals surface area contributed by atoms with Gasteiger partial charge in [-0.3, -0.25) is 72.8 Å². The lowest BCUT2D eigenvalue weighted by molar-refractivity contribution is 0.0545. The van der Waals surface area contributed by atoms with Gasteiger partial charge in [0, 0.05) is 121 Å². The van der Waals surface area contributed by atoms with E-state index < -0.39 is 40.1 Å². The summed E-state index contributed by atoms with van der Waals surface area (Å²) in [5.41, 5.74) is 16.7. The number of carbonyl (C=O) groups is 4. The van der Waals surface area contributed by atoms with Gasteiger partial charge in [0.15, 0.2) is 22.6 Å². The molecule has 0 spiro atoms. The summed E-state index contributed by atoms with van der Waals surface area (Å²) < 4.78 is 111. The van der Waals surface area contributed by atoms with Crippen LogP contribution in [0.4, 0.5) is 34.4 Å². The molecule has 43 heteroatoms. The van der Waals surface area contributed by atoms with Crippen molar-refractivity contribution in [3.8, 4) is 0 Å². The van der Waals surface area contributed by atoms with Crippen LogP contribution in [0.5, 0.6) is 0 Å². The quantitative estimate of drug-likeness (QED) is 0.0395. The lowest BCUT2D eigenvalue weighted by atomic mass is 9.90. The van der Waals surface area contributed by atoms with Crippen molar-refractivity contribution in [3.63, 3.8) is 0 Å². The van der Waals surface area contributed by atoms with Crippen LogP contribution in [0.1, 0.15) is 237 Å². The van der Waals surface area contributed by atoms with E-state index in [0.29, 0.717) is 136 Å². The molecule has 0 bridgehead atoms. The van der Waals surface area contributed by atoms with Gasteiger partial charge in [0.25, 0.3) is 40.3 Å². The number of benzene rings is 4. The second-order valence-electron chi connectivity index (χ2n) is 37.8. The van der Waals surface area contributed by atoms with Crippen LogP contribution in [0.3, 0.4) is 0 Å². The number of carbonyl (C=O) groups excluding carboxylic acids is 4. The van der Waals surface area contributed by atoms with E-state index in [0.717, 1.165) is 166 Å². The van der Waals surface area contributed by atoms with E-state index >= 15 is 0 Å². The van der Waals surface area contributed by atoms with E-state index in [-0.39, 0.29) is 92.8 Å². The molecule has 0 aliphatic carbocycles. The third-order valence-electron chi connectivity index (χ3n) is 26.5. The minimum atomic E-state index is -3.59. The zero-order valence-corrected chi connectivity index (χ0v) is 84.4. The van der Waals surface area contributed by atoms with E-state index in [9.17, 15) is 67.2 Å². The highest BCUT2D eigenvalue weighted by Crippen LogP contribution is 2.42. The molecule has 8 N–H and O–H groups in total. The third kappa shape index (κ3) is 22.4. The summed E-state index contributed by atoms with van der Waals surface area (Å²) in [6.45, 7) is 28.5. The Balaban J connectivity index is 0.000000140. The SMILES string of the molecule is CS(=O)(=O)Nc1ccc(Cl)cc1C(=O)N1CCCC[C@H]1c1cc2nc(N3CCC3)cc(N3CCCCN3)n2n1.Cc1ccc(NS(C)(=O)=O)c(C(=O)N2CC[C@@H](C)C[C@@H]2c2cc3nc(C)c(C)c(=O)n3[nH]2)c1.Cc1ccc(NS(C)(=O)=O)c(C(=O)N2CC[C@H](C)C[C@@H]2c2cc3nc(C)c(C)c(=O)n3[nH]2)c1.Cc1ccc(NS(C)(=O)=O)c(C(=O)N2CC[C@H](C)C[C@H]2c2cc3nc(C)c(C)c(=O)n3[nH]2)c1. The number of sulfonamides is 4. The Bertz CT molecular complexity index is 6950. The van der Waals surface area contributed by atoms with Gasteiger partial charge in [0.05, 0.1) is 117 Å². The molecule has 0 radical (unpaired) electrons. The van der Waals surface area contributed by atoms with Crippen molar-refractivity contribution >= 4 is 132 Å². The minimum absolute atomic E-state index is 0.163. The number of aryl methyl sites for hydroxylation is 6. The second-order valence-corrected chi connectivity index (χ2v) is 45.2. The van der Waals surface area contributed by atoms with Crippen LogP contribution in [-0.4, -0.2) is 213 Å². The molecule has 12 aromatic rings. The highest BCUT2D eigenvalue weighted by atomic mass is 35.5. The van der Waals surface area contributed by atoms with Gasteiger partial charge in [-0.1, -0.05) is 67.3 Å². The number of piperidine rings is 4. The number of aromatic nitrogens is 12. The Hall–Kier alpha value is -12.5. The number of amides is 4. The fourth-order valence-corrected chi connectivity index (χ4v) is 21.1. The number of anilines is 6. The maximum Gasteiger partial charge on any atom is 0.275 e. The molecule has 138 heavy (non-hydrogen) atoms. The molecular weight excluding hydrogens is 1870 g/mol. The standard InChI is InChI=1S/C26H33ClN8O3S.3C23H29N5O4S/c1-39(37,38)31-20-9-8-18(27)15-19(20)26(36)33-13-4-2-7-22(33)21-16-24-29-23(32-11-6-12-32)17-25(35(24)30-21)34-14-5-3-10-28-34;3*1-13-6-7-18(26-33(5,31)32)17(10-13)23(30)27-9-8-14(2)11-20(27)19-12-21-24-16(4)15(3)22(29)28(21)25-19/h8-9,15-17,22,28,31H,2-7,10-14H2,1H3;3*6-7,10,12,14,20,25-26H,8-9,11H2,1-5H3/t22-;14-,20+;2*14-,20-/m0010/s1. The van der Waals surface area contributed by atoms with Gasteiger partial charge in [-0.2, -0.15) is 9.61 Å². The first-order valence-electron chi connectivity index (χ1n) is 46.3. The molecule has 6 fully saturated rings. The molecule has 6 saturated heterocycles. The van der Waals surface area contributed by atoms with Gasteiger partial charge in [-0.25, -0.2) is 72.6 Å². The number of rotatable bonds is 18. The Morgan fingerprint density at radius 2 is 0.739 bits per heavy atom. The molecule has 6 aliphatic heterocycles. The van der Waals surface area contributed by atoms with E-state index in [2.05, 4.69) is 91.3 Å². The molecule has 14 heterocycles. The number of nitrogens with one attached hydrogen (secondary N) is 8. The Morgan fingerprint density at radius 3 is 1.09 bits per heavy atom. The van der Waals surface area contributed by atoms with E-state index in [1.807, 2.05) is 49.6 Å². The van der Waals surface area contributed by atoms with Crippen molar-refractivity contribution < 1.29 is 52.8 Å². The Kier molecular flexibility index (Phi) is 29.1. The predicted molar refractivity (Wildman–Crippen MR) is 533 cm³/mol. The summed E-state index contributed by atoms with van der Waals surface area (Å²) in [6.07, 6.45) is 14.8. The van der Waals surface area contributed by atoms with Crippen LogP contribution in [0, 0.1) is 80.1 Å². The molecule has 18 rings (SSSR count). The average Bonchev–Trinajstić information content (AvgIpc) is 1.66. The molecule has 4 aromatic carbocycles. The Labute approximate surface area is 806 Å². The molecule has 7 atom stereocenters. The molecular formula is C95H120ClN23O15S4. The van der Waals surface area contributed by atoms with Gasteiger partial charge in [0.2, 0.25) is 40.1 Å². The highest BCUT2D eigenvalue weighted by Gasteiger charge is 2.40. The maximum absolute atomic E-state index is 13.9. The summed E-state index contributed by atoms with van der Waals surface area (Å²) in [5, 5.41) is 17.0. The lowest BCUT2D eigenvalue weighted by Gasteiger charge is -2.38. The van der Waals surface area contributed by atoms with Crippen LogP contribution in [0.25, 0.3) is 22.6 Å². The van der Waals surface area contributed by atoms with Crippen LogP contribution in [0.15, 0.2) is 118 Å². The highest BCUT2D eigenvalue weighted by molar-refractivity contribution is 7.92. The largest absolute Gasteiger partial charge is 0.356 e. The van der Waals surface area contributed by atoms with E-state index in [4.69, 9.17) is 21.7 Å². The van der Waals surface area contributed by atoms with E-state index in [1.54, 1.807) is 122 Å². The number of hydrazine groups is 1. The van der Waals surface area contributed by atoms with Crippen molar-refractivity contribution in [2.45, 2.75) is 184 Å². The lowest BCUT2D eigenvalue weighted by Crippen LogP contribution is -2.45. The van der Waals surface area contributed by atoms with Crippen molar-refractivity contribution in [3.05, 3.63) is 235 Å². The summed E-state index contributed by atoms with van der Waals surface area (Å²) in [6, 6.07) is 28.3. The summed E-state index contributed by atoms with van der Waals surface area (Å²) in [7, 11) is -14.3. The summed E-state index contributed by atoms with van der Waals surface area (Å²) in [4.78, 5) is 121. The zero-order chi connectivity index (χ0) is 99.4. The van der Waals surface area contributed by atoms with E-state index in [1.165, 1.54) is 25.7 Å². The Morgan fingerprint density at radius 1 is 0.384 bits per heavy atom. The average molecular weight is 1990 g/mol. The molecule has 6 aliphatic rings. The number of aromatic amines is 3. The van der Waals surface area contributed by atoms with Gasteiger partial charge in [0.1, 0.15) is 11.6 Å². The minimum Gasteiger partial charge on any atom is -0.356 e. The molecule has 736 valence electrons. The normalized spacial score (nSPS) is 19.4. The third-order valence-corrected chi connectivity index (χ3v) is 29.1. The predicted octanol–water partition coefficient (Wildman–Crippen LogP) is 12.2. The first kappa shape index (κ1) is 100.0. The molecule has 8 aromatic heterocycles. The van der Waals surface area contributed by atoms with Crippen LogP contribution in [0.2, 0.25) is 5.02 Å². The zero-order valence-electron chi connectivity index (χ0n) is 80.3. The first-order chi connectivity index (χ1) is 65.1. The van der Waals surface area contributed by atoms with Crippen LogP contribution in [-0.2, 0) is 40.1 Å². The fourth-order valence-electron chi connectivity index (χ4n) is 18.6. The molecule has 0 saturated carbocycles. The second kappa shape index (κ2) is 40.1. The topological polar surface area (TPSA) is 465 Å². The molecule has 38 nitrogen and oxygen atoms in total. The first-order valence-corrected chi connectivity index (χ1v) is 54.2. The summed E-state index contributed by atoms with van der Waals surface area (Å²) in [5.74, 6) is 1.97. The van der Waals surface area contributed by atoms with Crippen molar-refractivity contribution in [2.75, 3.05) is 106 Å². The number of hydrogen-bond acceptors (Lipinski definition) is 23. The number of nitrogens with zero attached hydrogens (tertiary/aromatic N) is 15. The smallest absolute Gasteiger partial charge is 0.275 e. The van der Waals surface area contributed by atoms with Gasteiger partial charge >= 0.3 is 0 Å². The molecule has 4 amide bonds. The maximum atomic E-state index is 13.9. The molecule has 0 unspecified atom stereocenters. The monoisotopic (exact) mass is 1990 g/mol. The van der Waals surface area contributed by atoms with Crippen LogP contribution >= 0.6 is 11.6 Å². The fraction of sp³-hybridized carbons (Fsp3) is 0.453. The number of halogens is 1. The van der Waals surface area contributed by atoms with Crippen LogP contribution < -0.4 is 50.9 Å². The number of fused-ring (bicyclic) bond motifs is 4. The number of hydrogen-bond donors (Lipinski definition) is 8. The van der Waals surface area contributed by atoms with Gasteiger partial charge in [-0.15, -0.1) is 0 Å². The number of likely N-dealkylation sites (tertiary alicyclic amines) is 4. The van der Waals surface area contributed by atoms with Gasteiger partial charge < -0.3 is 24.5 Å². The van der Waals surface area contributed by atoms with Crippen molar-refractivity contribution in [1.82, 2.24) is 83.4 Å². The van der Waals surface area contributed by atoms with Crippen molar-refractivity contribution in [1.29, 1.82) is 0 Å². The number of H-pyrrole nitrogens is 3. The van der Waals surface area contributed by atoms with Crippen molar-refractivity contribution in [2.24, 2.45) is 17.8 Å². The van der Waals surface area contributed by atoms with Gasteiger partial charge in [-0.05, 0) is 212 Å².